The molecule has 5 heteroatoms. The zero-order valence-electron chi connectivity index (χ0n) is 10.3. The quantitative estimate of drug-likeness (QED) is 0.773. The lowest BCUT2D eigenvalue weighted by molar-refractivity contribution is -0.129. The highest BCUT2D eigenvalue weighted by molar-refractivity contribution is 8.00. The fraction of sp³-hybridized carbons (Fsp3) is 0.909. The van der Waals surface area contributed by atoms with Crippen molar-refractivity contribution in [1.29, 1.82) is 0 Å². The van der Waals surface area contributed by atoms with Crippen LogP contribution >= 0.6 is 11.8 Å². The summed E-state index contributed by atoms with van der Waals surface area (Å²) in [5, 5.41) is 9.45. The molecule has 1 N–H and O–H groups in total. The first-order chi connectivity index (χ1) is 7.50. The number of rotatable bonds is 4. The largest absolute Gasteiger partial charge is 0.392 e. The third-order valence-electron chi connectivity index (χ3n) is 3.01. The SMILES string of the molecule is CC(O)C(C)SCC(=O)N1CCN(C)CC1. The van der Waals surface area contributed by atoms with Crippen molar-refractivity contribution in [3.05, 3.63) is 0 Å². The fourth-order valence-corrected chi connectivity index (χ4v) is 2.36. The maximum Gasteiger partial charge on any atom is 0.232 e. The van der Waals surface area contributed by atoms with Crippen molar-refractivity contribution in [1.82, 2.24) is 9.80 Å². The molecule has 1 fully saturated rings. The Balaban J connectivity index is 2.25. The Morgan fingerprint density at radius 1 is 1.31 bits per heavy atom. The highest BCUT2D eigenvalue weighted by Crippen LogP contribution is 2.15. The van der Waals surface area contributed by atoms with Crippen molar-refractivity contribution in [2.75, 3.05) is 39.0 Å². The highest BCUT2D eigenvalue weighted by Gasteiger charge is 2.20. The van der Waals surface area contributed by atoms with Crippen LogP contribution in [0.25, 0.3) is 0 Å². The Labute approximate surface area is 102 Å². The van der Waals surface area contributed by atoms with E-state index in [9.17, 15) is 9.90 Å². The normalized spacial score (nSPS) is 21.9. The van der Waals surface area contributed by atoms with Crippen LogP contribution in [0.4, 0.5) is 0 Å². The molecule has 4 nitrogen and oxygen atoms in total. The second-order valence-corrected chi connectivity index (χ2v) is 5.81. The van der Waals surface area contributed by atoms with E-state index in [-0.39, 0.29) is 17.3 Å². The lowest BCUT2D eigenvalue weighted by atomic mass is 10.3. The minimum atomic E-state index is -0.356. The summed E-state index contributed by atoms with van der Waals surface area (Å²) in [6.45, 7) is 7.30. The number of nitrogens with zero attached hydrogens (tertiary/aromatic N) is 2. The van der Waals surface area contributed by atoms with Crippen molar-refractivity contribution in [3.63, 3.8) is 0 Å². The predicted molar refractivity (Wildman–Crippen MR) is 67.7 cm³/mol. The van der Waals surface area contributed by atoms with Gasteiger partial charge in [0.15, 0.2) is 0 Å². The molecule has 0 saturated carbocycles. The molecule has 0 aliphatic carbocycles. The molecule has 1 heterocycles. The van der Waals surface area contributed by atoms with Gasteiger partial charge in [0.05, 0.1) is 11.9 Å². The molecule has 2 unspecified atom stereocenters. The summed E-state index contributed by atoms with van der Waals surface area (Å²) >= 11 is 1.53. The number of hydrogen-bond donors (Lipinski definition) is 1. The summed E-state index contributed by atoms with van der Waals surface area (Å²) in [5.74, 6) is 0.682. The summed E-state index contributed by atoms with van der Waals surface area (Å²) in [5.41, 5.74) is 0. The van der Waals surface area contributed by atoms with Crippen LogP contribution in [0.3, 0.4) is 0 Å². The molecule has 0 spiro atoms. The molecule has 0 aromatic rings. The van der Waals surface area contributed by atoms with E-state index in [2.05, 4.69) is 11.9 Å². The Morgan fingerprint density at radius 2 is 1.88 bits per heavy atom. The number of hydrogen-bond acceptors (Lipinski definition) is 4. The lowest BCUT2D eigenvalue weighted by Gasteiger charge is -2.32. The van der Waals surface area contributed by atoms with Gasteiger partial charge in [-0.25, -0.2) is 0 Å². The van der Waals surface area contributed by atoms with Crippen molar-refractivity contribution >= 4 is 17.7 Å². The van der Waals surface area contributed by atoms with Crippen LogP contribution in [0, 0.1) is 0 Å². The van der Waals surface area contributed by atoms with Gasteiger partial charge >= 0.3 is 0 Å². The molecular formula is C11H22N2O2S. The first-order valence-corrected chi connectivity index (χ1v) is 6.81. The Kier molecular flexibility index (Phi) is 5.58. The van der Waals surface area contributed by atoms with Crippen molar-refractivity contribution in [2.45, 2.75) is 25.2 Å². The van der Waals surface area contributed by atoms with E-state index in [0.29, 0.717) is 5.75 Å². The molecular weight excluding hydrogens is 224 g/mol. The van der Waals surface area contributed by atoms with Gasteiger partial charge in [0.1, 0.15) is 0 Å². The van der Waals surface area contributed by atoms with Gasteiger partial charge < -0.3 is 14.9 Å². The molecule has 0 bridgehead atoms. The van der Waals surface area contributed by atoms with Gasteiger partial charge in [-0.05, 0) is 14.0 Å². The number of carbonyl (C=O) groups excluding carboxylic acids is 1. The number of aliphatic hydroxyl groups is 1. The summed E-state index contributed by atoms with van der Waals surface area (Å²) in [4.78, 5) is 16.0. The second-order valence-electron chi connectivity index (χ2n) is 4.44. The van der Waals surface area contributed by atoms with E-state index in [1.165, 1.54) is 11.8 Å². The summed E-state index contributed by atoms with van der Waals surface area (Å²) < 4.78 is 0. The van der Waals surface area contributed by atoms with Crippen LogP contribution in [0.2, 0.25) is 0 Å². The van der Waals surface area contributed by atoms with E-state index in [4.69, 9.17) is 0 Å². The summed E-state index contributed by atoms with van der Waals surface area (Å²) in [6.07, 6.45) is -0.356. The third-order valence-corrected chi connectivity index (χ3v) is 4.34. The number of amides is 1. The van der Waals surface area contributed by atoms with Gasteiger partial charge in [0.25, 0.3) is 0 Å². The molecule has 0 aromatic carbocycles. The third kappa shape index (κ3) is 4.31. The monoisotopic (exact) mass is 246 g/mol. The van der Waals surface area contributed by atoms with Crippen LogP contribution in [0.5, 0.6) is 0 Å². The molecule has 16 heavy (non-hydrogen) atoms. The predicted octanol–water partition coefficient (Wildman–Crippen LogP) is 0.263. The van der Waals surface area contributed by atoms with Crippen LogP contribution in [-0.2, 0) is 4.79 Å². The van der Waals surface area contributed by atoms with Crippen LogP contribution in [0.15, 0.2) is 0 Å². The van der Waals surface area contributed by atoms with Crippen LogP contribution < -0.4 is 0 Å². The minimum Gasteiger partial charge on any atom is -0.392 e. The fourth-order valence-electron chi connectivity index (χ4n) is 1.49. The number of piperazine rings is 1. The van der Waals surface area contributed by atoms with Crippen LogP contribution in [-0.4, -0.2) is 71.1 Å². The first kappa shape index (κ1) is 13.8. The Hall–Kier alpha value is -0.260. The molecule has 94 valence electrons. The van der Waals surface area contributed by atoms with Gasteiger partial charge in [0.2, 0.25) is 5.91 Å². The molecule has 1 aliphatic rings. The molecule has 0 aromatic heterocycles. The number of aliphatic hydroxyl groups excluding tert-OH is 1. The summed E-state index contributed by atoms with van der Waals surface area (Å²) in [7, 11) is 2.08. The maximum absolute atomic E-state index is 11.8. The van der Waals surface area contributed by atoms with E-state index < -0.39 is 0 Å². The number of thioether (sulfide) groups is 1. The average Bonchev–Trinajstić information content (AvgIpc) is 2.26. The summed E-state index contributed by atoms with van der Waals surface area (Å²) in [6, 6.07) is 0. The van der Waals surface area contributed by atoms with Crippen LogP contribution in [0.1, 0.15) is 13.8 Å². The van der Waals surface area contributed by atoms with Crippen molar-refractivity contribution < 1.29 is 9.90 Å². The zero-order chi connectivity index (χ0) is 12.1. The first-order valence-electron chi connectivity index (χ1n) is 5.76. The molecule has 1 rings (SSSR count). The standard InChI is InChI=1S/C11H22N2O2S/c1-9(14)10(2)16-8-11(15)13-6-4-12(3)5-7-13/h9-10,14H,4-8H2,1-3H3. The van der Waals surface area contributed by atoms with Gasteiger partial charge in [-0.3, -0.25) is 4.79 Å². The highest BCUT2D eigenvalue weighted by atomic mass is 32.2. The molecule has 2 atom stereocenters. The second kappa shape index (κ2) is 6.47. The van der Waals surface area contributed by atoms with Gasteiger partial charge in [-0.15, -0.1) is 11.8 Å². The van der Waals surface area contributed by atoms with Crippen molar-refractivity contribution in [2.24, 2.45) is 0 Å². The van der Waals surface area contributed by atoms with Crippen molar-refractivity contribution in [3.8, 4) is 0 Å². The molecule has 1 amide bonds. The Bertz CT molecular complexity index is 228. The number of carbonyl (C=O) groups is 1. The van der Waals surface area contributed by atoms with E-state index >= 15 is 0 Å². The number of likely N-dealkylation sites (N-methyl/N-ethyl adjacent to an activating group) is 1. The lowest BCUT2D eigenvalue weighted by Crippen LogP contribution is -2.47. The van der Waals surface area contributed by atoms with Gasteiger partial charge in [-0.2, -0.15) is 0 Å². The Morgan fingerprint density at radius 3 is 2.38 bits per heavy atom. The van der Waals surface area contributed by atoms with E-state index in [0.717, 1.165) is 26.2 Å². The topological polar surface area (TPSA) is 43.8 Å². The molecule has 1 aliphatic heterocycles. The van der Waals surface area contributed by atoms with E-state index in [1.54, 1.807) is 6.92 Å². The average molecular weight is 246 g/mol. The maximum atomic E-state index is 11.8. The van der Waals surface area contributed by atoms with Gasteiger partial charge in [-0.1, -0.05) is 6.92 Å². The molecule has 0 radical (unpaired) electrons. The smallest absolute Gasteiger partial charge is 0.232 e. The zero-order valence-corrected chi connectivity index (χ0v) is 11.2. The van der Waals surface area contributed by atoms with Gasteiger partial charge in [0, 0.05) is 31.4 Å². The molecule has 1 saturated heterocycles. The minimum absolute atomic E-state index is 0.122. The van der Waals surface area contributed by atoms with E-state index in [1.807, 2.05) is 11.8 Å².